The zero-order chi connectivity index (χ0) is 18.9. The van der Waals surface area contributed by atoms with Gasteiger partial charge in [0, 0.05) is 29.7 Å². The van der Waals surface area contributed by atoms with Crippen molar-refractivity contribution in [1.82, 2.24) is 5.32 Å². The van der Waals surface area contributed by atoms with Gasteiger partial charge in [-0.3, -0.25) is 9.59 Å². The molecule has 0 saturated carbocycles. The van der Waals surface area contributed by atoms with Crippen molar-refractivity contribution in [3.8, 4) is 0 Å². The summed E-state index contributed by atoms with van der Waals surface area (Å²) in [4.78, 5) is 26.3. The van der Waals surface area contributed by atoms with Crippen LogP contribution in [0.1, 0.15) is 12.0 Å². The Labute approximate surface area is 162 Å². The van der Waals surface area contributed by atoms with Crippen molar-refractivity contribution in [2.45, 2.75) is 18.6 Å². The Morgan fingerprint density at radius 1 is 1.35 bits per heavy atom. The highest BCUT2D eigenvalue weighted by Gasteiger charge is 2.51. The van der Waals surface area contributed by atoms with Gasteiger partial charge in [-0.1, -0.05) is 39.7 Å². The average molecular weight is 442 g/mol. The molecular weight excluding hydrogens is 427 g/mol. The summed E-state index contributed by atoms with van der Waals surface area (Å²) in [5, 5.41) is 13.1. The van der Waals surface area contributed by atoms with Crippen LogP contribution in [0.5, 0.6) is 0 Å². The van der Waals surface area contributed by atoms with Crippen molar-refractivity contribution in [1.29, 1.82) is 0 Å². The first kappa shape index (κ1) is 18.8. The van der Waals surface area contributed by atoms with Crippen LogP contribution in [-0.4, -0.2) is 29.1 Å². The lowest BCUT2D eigenvalue weighted by molar-refractivity contribution is -0.149. The number of hydrogen-bond acceptors (Lipinski definition) is 3. The Kier molecular flexibility index (Phi) is 5.32. The zero-order valence-electron chi connectivity index (χ0n) is 13.5. The standard InChI is InChI=1S/C18H15BrClFN2O3/c19-12-3-1-2-11(8-12)10-22-16(24)18(26)6-7-23(17(18)25)13-4-5-15(21)14(20)9-13/h1-5,8-9,26H,6-7,10H2,(H,22,24)/t18-/m1/s1. The van der Waals surface area contributed by atoms with Gasteiger partial charge in [0.2, 0.25) is 5.60 Å². The van der Waals surface area contributed by atoms with E-state index in [0.717, 1.165) is 16.1 Å². The van der Waals surface area contributed by atoms with Crippen molar-refractivity contribution >= 4 is 45.0 Å². The molecule has 1 heterocycles. The SMILES string of the molecule is O=C(NCc1cccc(Br)c1)[C@]1(O)CCN(c2ccc(F)c(Cl)c2)C1=O. The van der Waals surface area contributed by atoms with Crippen LogP contribution in [0.15, 0.2) is 46.9 Å². The normalized spacial score (nSPS) is 19.7. The molecule has 26 heavy (non-hydrogen) atoms. The molecule has 1 saturated heterocycles. The van der Waals surface area contributed by atoms with E-state index in [1.165, 1.54) is 17.0 Å². The van der Waals surface area contributed by atoms with Gasteiger partial charge in [-0.05, 0) is 35.9 Å². The van der Waals surface area contributed by atoms with Gasteiger partial charge in [-0.2, -0.15) is 0 Å². The smallest absolute Gasteiger partial charge is 0.268 e. The maximum atomic E-state index is 13.3. The first-order chi connectivity index (χ1) is 12.3. The molecule has 136 valence electrons. The number of aliphatic hydroxyl groups is 1. The Balaban J connectivity index is 1.72. The number of rotatable bonds is 4. The van der Waals surface area contributed by atoms with E-state index in [1.807, 2.05) is 24.3 Å². The second-order valence-corrected chi connectivity index (χ2v) is 7.30. The van der Waals surface area contributed by atoms with Crippen LogP contribution in [0.3, 0.4) is 0 Å². The van der Waals surface area contributed by atoms with Crippen molar-refractivity contribution < 1.29 is 19.1 Å². The molecule has 1 atom stereocenters. The van der Waals surface area contributed by atoms with E-state index in [1.54, 1.807) is 0 Å². The van der Waals surface area contributed by atoms with Gasteiger partial charge in [-0.25, -0.2) is 4.39 Å². The molecule has 2 amide bonds. The van der Waals surface area contributed by atoms with Crippen LogP contribution < -0.4 is 10.2 Å². The van der Waals surface area contributed by atoms with Crippen LogP contribution in [0, 0.1) is 5.82 Å². The number of carbonyl (C=O) groups is 2. The fourth-order valence-corrected chi connectivity index (χ4v) is 3.41. The van der Waals surface area contributed by atoms with E-state index in [0.29, 0.717) is 5.69 Å². The number of hydrogen-bond donors (Lipinski definition) is 2. The Bertz CT molecular complexity index is 879. The third-order valence-corrected chi connectivity index (χ3v) is 5.01. The Hall–Kier alpha value is -1.96. The van der Waals surface area contributed by atoms with E-state index < -0.39 is 23.2 Å². The molecule has 0 aromatic heterocycles. The molecule has 3 rings (SSSR count). The van der Waals surface area contributed by atoms with E-state index in [4.69, 9.17) is 11.6 Å². The number of benzene rings is 2. The number of carbonyl (C=O) groups excluding carboxylic acids is 2. The highest BCUT2D eigenvalue weighted by atomic mass is 79.9. The van der Waals surface area contributed by atoms with Crippen molar-refractivity contribution in [2.75, 3.05) is 11.4 Å². The van der Waals surface area contributed by atoms with E-state index in [-0.39, 0.29) is 24.5 Å². The highest BCUT2D eigenvalue weighted by molar-refractivity contribution is 9.10. The number of halogens is 3. The molecular formula is C18H15BrClFN2O3. The van der Waals surface area contributed by atoms with E-state index >= 15 is 0 Å². The minimum atomic E-state index is -2.16. The van der Waals surface area contributed by atoms with Gasteiger partial charge >= 0.3 is 0 Å². The molecule has 1 fully saturated rings. The molecule has 0 aliphatic carbocycles. The van der Waals surface area contributed by atoms with Crippen LogP contribution in [0.2, 0.25) is 5.02 Å². The molecule has 0 unspecified atom stereocenters. The number of nitrogens with zero attached hydrogens (tertiary/aromatic N) is 1. The van der Waals surface area contributed by atoms with Gasteiger partial charge in [0.1, 0.15) is 5.82 Å². The molecule has 8 heteroatoms. The monoisotopic (exact) mass is 440 g/mol. The fraction of sp³-hybridized carbons (Fsp3) is 0.222. The maximum Gasteiger partial charge on any atom is 0.268 e. The summed E-state index contributed by atoms with van der Waals surface area (Å²) in [7, 11) is 0. The molecule has 5 nitrogen and oxygen atoms in total. The second kappa shape index (κ2) is 7.34. The minimum Gasteiger partial charge on any atom is -0.372 e. The van der Waals surface area contributed by atoms with E-state index in [2.05, 4.69) is 21.2 Å². The molecule has 2 aromatic rings. The number of anilines is 1. The lowest BCUT2D eigenvalue weighted by atomic mass is 10.0. The topological polar surface area (TPSA) is 69.6 Å². The van der Waals surface area contributed by atoms with Crippen LogP contribution >= 0.6 is 27.5 Å². The minimum absolute atomic E-state index is 0.0643. The first-order valence-electron chi connectivity index (χ1n) is 7.83. The predicted molar refractivity (Wildman–Crippen MR) is 99.3 cm³/mol. The van der Waals surface area contributed by atoms with Crippen molar-refractivity contribution in [2.24, 2.45) is 0 Å². The summed E-state index contributed by atoms with van der Waals surface area (Å²) in [5.74, 6) is -2.13. The maximum absolute atomic E-state index is 13.3. The second-order valence-electron chi connectivity index (χ2n) is 5.98. The fourth-order valence-electron chi connectivity index (χ4n) is 2.79. The van der Waals surface area contributed by atoms with Crippen molar-refractivity contribution in [3.63, 3.8) is 0 Å². The summed E-state index contributed by atoms with van der Waals surface area (Å²) >= 11 is 9.09. The van der Waals surface area contributed by atoms with Gasteiger partial charge < -0.3 is 15.3 Å². The Morgan fingerprint density at radius 3 is 2.81 bits per heavy atom. The highest BCUT2D eigenvalue weighted by Crippen LogP contribution is 2.31. The van der Waals surface area contributed by atoms with Crippen LogP contribution in [-0.2, 0) is 16.1 Å². The summed E-state index contributed by atoms with van der Waals surface area (Å²) in [5.41, 5.74) is -1.01. The lowest BCUT2D eigenvalue weighted by Gasteiger charge is -2.22. The summed E-state index contributed by atoms with van der Waals surface area (Å²) < 4.78 is 14.2. The van der Waals surface area contributed by atoms with Crippen LogP contribution in [0.25, 0.3) is 0 Å². The van der Waals surface area contributed by atoms with E-state index in [9.17, 15) is 19.1 Å². The number of amides is 2. The molecule has 2 N–H and O–H groups in total. The van der Waals surface area contributed by atoms with Gasteiger partial charge in [-0.15, -0.1) is 0 Å². The van der Waals surface area contributed by atoms with Gasteiger partial charge in [0.05, 0.1) is 5.02 Å². The molecule has 1 aliphatic rings. The summed E-state index contributed by atoms with van der Waals surface area (Å²) in [6.07, 6.45) is -0.0643. The number of nitrogens with one attached hydrogen (secondary N) is 1. The molecule has 0 bridgehead atoms. The molecule has 2 aromatic carbocycles. The lowest BCUT2D eigenvalue weighted by Crippen LogP contribution is -2.52. The quantitative estimate of drug-likeness (QED) is 0.717. The Morgan fingerprint density at radius 2 is 2.12 bits per heavy atom. The third kappa shape index (κ3) is 3.60. The summed E-state index contributed by atoms with van der Waals surface area (Å²) in [6.45, 7) is 0.303. The summed E-state index contributed by atoms with van der Waals surface area (Å²) in [6, 6.07) is 11.1. The average Bonchev–Trinajstić information content (AvgIpc) is 2.92. The predicted octanol–water partition coefficient (Wildman–Crippen LogP) is 3.03. The van der Waals surface area contributed by atoms with Crippen LogP contribution in [0.4, 0.5) is 10.1 Å². The molecule has 0 spiro atoms. The molecule has 1 aliphatic heterocycles. The van der Waals surface area contributed by atoms with Gasteiger partial charge in [0.15, 0.2) is 0 Å². The third-order valence-electron chi connectivity index (χ3n) is 4.23. The first-order valence-corrected chi connectivity index (χ1v) is 9.00. The van der Waals surface area contributed by atoms with Gasteiger partial charge in [0.25, 0.3) is 11.8 Å². The van der Waals surface area contributed by atoms with Crippen molar-refractivity contribution in [3.05, 3.63) is 63.3 Å². The molecule has 0 radical (unpaired) electrons. The largest absolute Gasteiger partial charge is 0.372 e. The zero-order valence-corrected chi connectivity index (χ0v) is 15.8.